The molecule has 1 rings (SSSR count). The Morgan fingerprint density at radius 3 is 3.00 bits per heavy atom. The number of rotatable bonds is 3. The van der Waals surface area contributed by atoms with Crippen LogP contribution in [0.3, 0.4) is 0 Å². The summed E-state index contributed by atoms with van der Waals surface area (Å²) in [7, 11) is 0. The van der Waals surface area contributed by atoms with Crippen molar-refractivity contribution >= 4 is 17.8 Å². The van der Waals surface area contributed by atoms with Crippen LogP contribution in [0.25, 0.3) is 0 Å². The topological polar surface area (TPSA) is 32.3 Å². The molecule has 0 aromatic rings. The minimum absolute atomic E-state index is 0.116. The molecule has 1 unspecified atom stereocenters. The van der Waals surface area contributed by atoms with E-state index >= 15 is 0 Å². The fraction of sp³-hybridized carbons (Fsp3) is 0.900. The molecule has 1 aliphatic heterocycles. The van der Waals surface area contributed by atoms with Gasteiger partial charge in [-0.1, -0.05) is 13.8 Å². The highest BCUT2D eigenvalue weighted by molar-refractivity contribution is 8.00. The van der Waals surface area contributed by atoms with Crippen molar-refractivity contribution in [1.29, 1.82) is 0 Å². The molecule has 3 nitrogen and oxygen atoms in total. The molecule has 0 aromatic carbocycles. The molecule has 0 bridgehead atoms. The Morgan fingerprint density at radius 1 is 1.57 bits per heavy atom. The third kappa shape index (κ3) is 3.40. The highest BCUT2D eigenvalue weighted by Gasteiger charge is 2.22. The number of carbonyl (C=O) groups excluding carboxylic acids is 1. The molecule has 1 atom stereocenters. The second-order valence-electron chi connectivity index (χ2n) is 3.58. The van der Waals surface area contributed by atoms with Crippen molar-refractivity contribution in [3.63, 3.8) is 0 Å². The number of hydrogen-bond donors (Lipinski definition) is 1. The number of nitrogens with zero attached hydrogens (tertiary/aromatic N) is 1. The van der Waals surface area contributed by atoms with Gasteiger partial charge in [-0.25, -0.2) is 4.79 Å². The summed E-state index contributed by atoms with van der Waals surface area (Å²) in [6, 6.07) is 0.116. The Labute approximate surface area is 90.6 Å². The van der Waals surface area contributed by atoms with E-state index in [0.29, 0.717) is 5.25 Å². The van der Waals surface area contributed by atoms with E-state index in [2.05, 4.69) is 19.2 Å². The molecule has 1 fully saturated rings. The van der Waals surface area contributed by atoms with E-state index in [1.165, 1.54) is 0 Å². The van der Waals surface area contributed by atoms with Gasteiger partial charge in [-0.2, -0.15) is 11.8 Å². The first kappa shape index (κ1) is 11.7. The summed E-state index contributed by atoms with van der Waals surface area (Å²) in [6.07, 6.45) is 2.16. The monoisotopic (exact) mass is 216 g/mol. The fourth-order valence-electron chi connectivity index (χ4n) is 1.49. The number of amides is 2. The minimum Gasteiger partial charge on any atom is -0.338 e. The van der Waals surface area contributed by atoms with Crippen molar-refractivity contribution in [2.24, 2.45) is 0 Å². The summed E-state index contributed by atoms with van der Waals surface area (Å²) in [6.45, 7) is 6.86. The Hall–Kier alpha value is -0.380. The maximum Gasteiger partial charge on any atom is 0.317 e. The average molecular weight is 216 g/mol. The molecule has 0 aromatic heterocycles. The van der Waals surface area contributed by atoms with Gasteiger partial charge in [0, 0.05) is 30.6 Å². The van der Waals surface area contributed by atoms with Crippen molar-refractivity contribution in [2.75, 3.05) is 25.4 Å². The smallest absolute Gasteiger partial charge is 0.317 e. The Balaban J connectivity index is 2.31. The molecule has 4 heteroatoms. The van der Waals surface area contributed by atoms with E-state index in [9.17, 15) is 4.79 Å². The van der Waals surface area contributed by atoms with Crippen LogP contribution < -0.4 is 5.32 Å². The van der Waals surface area contributed by atoms with Crippen molar-refractivity contribution in [3.8, 4) is 0 Å². The van der Waals surface area contributed by atoms with Crippen LogP contribution in [0.4, 0.5) is 4.79 Å². The molecule has 82 valence electrons. The van der Waals surface area contributed by atoms with Gasteiger partial charge >= 0.3 is 6.03 Å². The maximum atomic E-state index is 11.6. The van der Waals surface area contributed by atoms with E-state index in [1.807, 2.05) is 16.7 Å². The van der Waals surface area contributed by atoms with Crippen LogP contribution in [-0.2, 0) is 0 Å². The van der Waals surface area contributed by atoms with E-state index in [4.69, 9.17) is 0 Å². The minimum atomic E-state index is 0.116. The Bertz CT molecular complexity index is 187. The number of thioether (sulfide) groups is 1. The standard InChI is InChI=1S/C10H20N2OS/c1-3-5-11-10(13)12-6-7-14-9(4-2)8-12/h9H,3-8H2,1-2H3,(H,11,13). The molecule has 1 aliphatic rings. The summed E-state index contributed by atoms with van der Waals surface area (Å²) in [5, 5.41) is 3.56. The van der Waals surface area contributed by atoms with Crippen LogP contribution in [0.15, 0.2) is 0 Å². The Kier molecular flexibility index (Phi) is 5.15. The van der Waals surface area contributed by atoms with E-state index in [0.717, 1.165) is 38.2 Å². The van der Waals surface area contributed by atoms with Gasteiger partial charge in [0.2, 0.25) is 0 Å². The van der Waals surface area contributed by atoms with Crippen LogP contribution in [0.1, 0.15) is 26.7 Å². The predicted octanol–water partition coefficient (Wildman–Crippen LogP) is 1.93. The van der Waals surface area contributed by atoms with E-state index < -0.39 is 0 Å². The lowest BCUT2D eigenvalue weighted by Crippen LogP contribution is -2.47. The van der Waals surface area contributed by atoms with Gasteiger partial charge in [0.25, 0.3) is 0 Å². The quantitative estimate of drug-likeness (QED) is 0.782. The van der Waals surface area contributed by atoms with Crippen molar-refractivity contribution in [2.45, 2.75) is 31.9 Å². The molecular weight excluding hydrogens is 196 g/mol. The lowest BCUT2D eigenvalue weighted by Gasteiger charge is -2.31. The second kappa shape index (κ2) is 6.17. The lowest BCUT2D eigenvalue weighted by atomic mass is 10.3. The van der Waals surface area contributed by atoms with Crippen LogP contribution in [0, 0.1) is 0 Å². The normalized spacial score (nSPS) is 22.1. The molecule has 0 aliphatic carbocycles. The van der Waals surface area contributed by atoms with Gasteiger partial charge in [-0.3, -0.25) is 0 Å². The SMILES string of the molecule is CCCNC(=O)N1CCSC(CC)C1. The van der Waals surface area contributed by atoms with Gasteiger partial charge in [-0.15, -0.1) is 0 Å². The zero-order valence-electron chi connectivity index (χ0n) is 9.08. The van der Waals surface area contributed by atoms with E-state index in [1.54, 1.807) is 0 Å². The van der Waals surface area contributed by atoms with Gasteiger partial charge in [0.1, 0.15) is 0 Å². The van der Waals surface area contributed by atoms with Gasteiger partial charge in [0.15, 0.2) is 0 Å². The number of hydrogen-bond acceptors (Lipinski definition) is 2. The molecule has 14 heavy (non-hydrogen) atoms. The van der Waals surface area contributed by atoms with Gasteiger partial charge < -0.3 is 10.2 Å². The summed E-state index contributed by atoms with van der Waals surface area (Å²) in [5.41, 5.74) is 0. The van der Waals surface area contributed by atoms with Gasteiger partial charge in [-0.05, 0) is 12.8 Å². The summed E-state index contributed by atoms with van der Waals surface area (Å²) < 4.78 is 0. The van der Waals surface area contributed by atoms with Crippen LogP contribution in [-0.4, -0.2) is 41.6 Å². The molecule has 1 heterocycles. The zero-order chi connectivity index (χ0) is 10.4. The second-order valence-corrected chi connectivity index (χ2v) is 4.99. The van der Waals surface area contributed by atoms with E-state index in [-0.39, 0.29) is 6.03 Å². The highest BCUT2D eigenvalue weighted by atomic mass is 32.2. The van der Waals surface area contributed by atoms with Crippen molar-refractivity contribution < 1.29 is 4.79 Å². The molecule has 1 N–H and O–H groups in total. The van der Waals surface area contributed by atoms with Gasteiger partial charge in [0.05, 0.1) is 0 Å². The summed E-state index contributed by atoms with van der Waals surface area (Å²) in [5.74, 6) is 1.08. The summed E-state index contributed by atoms with van der Waals surface area (Å²) >= 11 is 1.99. The first-order valence-electron chi connectivity index (χ1n) is 5.42. The largest absolute Gasteiger partial charge is 0.338 e. The molecule has 0 saturated carbocycles. The van der Waals surface area contributed by atoms with Crippen LogP contribution >= 0.6 is 11.8 Å². The molecule has 0 radical (unpaired) electrons. The summed E-state index contributed by atoms with van der Waals surface area (Å²) in [4.78, 5) is 13.6. The highest BCUT2D eigenvalue weighted by Crippen LogP contribution is 2.20. The number of urea groups is 1. The third-order valence-corrected chi connectivity index (χ3v) is 3.78. The molecule has 0 spiro atoms. The first-order chi connectivity index (χ1) is 6.77. The zero-order valence-corrected chi connectivity index (χ0v) is 9.90. The van der Waals surface area contributed by atoms with Crippen LogP contribution in [0.5, 0.6) is 0 Å². The first-order valence-corrected chi connectivity index (χ1v) is 6.47. The fourth-order valence-corrected chi connectivity index (χ4v) is 2.67. The maximum absolute atomic E-state index is 11.6. The van der Waals surface area contributed by atoms with Crippen LogP contribution in [0.2, 0.25) is 0 Å². The third-order valence-electron chi connectivity index (χ3n) is 2.41. The average Bonchev–Trinajstić information content (AvgIpc) is 2.26. The van der Waals surface area contributed by atoms with Crippen molar-refractivity contribution in [3.05, 3.63) is 0 Å². The molecular formula is C10H20N2OS. The predicted molar refractivity (Wildman–Crippen MR) is 61.8 cm³/mol. The van der Waals surface area contributed by atoms with Crippen molar-refractivity contribution in [1.82, 2.24) is 10.2 Å². The lowest BCUT2D eigenvalue weighted by molar-refractivity contribution is 0.199. The number of carbonyl (C=O) groups is 1. The Morgan fingerprint density at radius 2 is 2.36 bits per heavy atom. The molecule has 2 amide bonds. The number of nitrogens with one attached hydrogen (secondary N) is 1. The molecule has 1 saturated heterocycles.